The Hall–Kier alpha value is -1.04. The number of unbranched alkanes of at least 4 members (excludes halogenated alkanes) is 1. The quantitative estimate of drug-likeness (QED) is 0.734. The SMILES string of the molecule is CCCCC(=O)N(C)C1CCC(C#N)CC1. The fourth-order valence-corrected chi connectivity index (χ4v) is 2.30. The summed E-state index contributed by atoms with van der Waals surface area (Å²) in [6.07, 6.45) is 6.61. The highest BCUT2D eigenvalue weighted by Crippen LogP contribution is 2.26. The smallest absolute Gasteiger partial charge is 0.222 e. The topological polar surface area (TPSA) is 44.1 Å². The summed E-state index contributed by atoms with van der Waals surface area (Å²) in [5.74, 6) is 0.484. The van der Waals surface area contributed by atoms with Crippen molar-refractivity contribution in [2.45, 2.75) is 57.9 Å². The lowest BCUT2D eigenvalue weighted by Crippen LogP contribution is -2.39. The molecule has 0 radical (unpaired) electrons. The van der Waals surface area contributed by atoms with Gasteiger partial charge in [0.05, 0.1) is 6.07 Å². The van der Waals surface area contributed by atoms with Gasteiger partial charge in [0.15, 0.2) is 0 Å². The third-order valence-electron chi connectivity index (χ3n) is 3.56. The van der Waals surface area contributed by atoms with E-state index >= 15 is 0 Å². The van der Waals surface area contributed by atoms with E-state index in [4.69, 9.17) is 5.26 Å². The molecule has 3 nitrogen and oxygen atoms in total. The summed E-state index contributed by atoms with van der Waals surface area (Å²) in [5.41, 5.74) is 0. The molecule has 1 saturated carbocycles. The van der Waals surface area contributed by atoms with Crippen LogP contribution >= 0.6 is 0 Å². The normalized spacial score (nSPS) is 24.8. The molecule has 0 aromatic rings. The molecule has 16 heavy (non-hydrogen) atoms. The summed E-state index contributed by atoms with van der Waals surface area (Å²) in [7, 11) is 1.91. The lowest BCUT2D eigenvalue weighted by molar-refractivity contribution is -0.132. The van der Waals surface area contributed by atoms with E-state index in [1.807, 2.05) is 11.9 Å². The first-order chi connectivity index (χ1) is 7.69. The van der Waals surface area contributed by atoms with Crippen molar-refractivity contribution in [1.82, 2.24) is 4.90 Å². The Balaban J connectivity index is 2.35. The van der Waals surface area contributed by atoms with Gasteiger partial charge >= 0.3 is 0 Å². The Morgan fingerprint density at radius 3 is 2.50 bits per heavy atom. The predicted octanol–water partition coefficient (Wildman–Crippen LogP) is 2.72. The number of rotatable bonds is 4. The van der Waals surface area contributed by atoms with Crippen molar-refractivity contribution in [1.29, 1.82) is 5.26 Å². The van der Waals surface area contributed by atoms with E-state index in [1.54, 1.807) is 0 Å². The second-order valence-corrected chi connectivity index (χ2v) is 4.74. The van der Waals surface area contributed by atoms with Crippen LogP contribution in [0.15, 0.2) is 0 Å². The highest BCUT2D eigenvalue weighted by molar-refractivity contribution is 5.76. The van der Waals surface area contributed by atoms with Crippen molar-refractivity contribution >= 4 is 5.91 Å². The zero-order valence-corrected chi connectivity index (χ0v) is 10.4. The first-order valence-electron chi connectivity index (χ1n) is 6.34. The van der Waals surface area contributed by atoms with E-state index in [-0.39, 0.29) is 11.8 Å². The molecule has 90 valence electrons. The summed E-state index contributed by atoms with van der Waals surface area (Å²) in [6, 6.07) is 2.69. The van der Waals surface area contributed by atoms with Crippen molar-refractivity contribution in [3.8, 4) is 6.07 Å². The number of carbonyl (C=O) groups excluding carboxylic acids is 1. The molecule has 0 saturated heterocycles. The monoisotopic (exact) mass is 222 g/mol. The van der Waals surface area contributed by atoms with E-state index in [9.17, 15) is 4.79 Å². The fraction of sp³-hybridized carbons (Fsp3) is 0.846. The van der Waals surface area contributed by atoms with Crippen LogP contribution in [0.3, 0.4) is 0 Å². The molecule has 0 heterocycles. The maximum atomic E-state index is 11.8. The molecule has 0 N–H and O–H groups in total. The molecule has 0 atom stereocenters. The van der Waals surface area contributed by atoms with Crippen molar-refractivity contribution in [3.63, 3.8) is 0 Å². The number of nitriles is 1. The molecule has 1 amide bonds. The lowest BCUT2D eigenvalue weighted by atomic mass is 9.86. The van der Waals surface area contributed by atoms with Gasteiger partial charge in [0, 0.05) is 25.4 Å². The lowest BCUT2D eigenvalue weighted by Gasteiger charge is -2.32. The van der Waals surface area contributed by atoms with Crippen molar-refractivity contribution in [2.24, 2.45) is 5.92 Å². The van der Waals surface area contributed by atoms with Gasteiger partial charge in [-0.05, 0) is 32.1 Å². The summed E-state index contributed by atoms with van der Waals surface area (Å²) in [4.78, 5) is 13.7. The molecule has 0 aromatic carbocycles. The van der Waals surface area contributed by atoms with Gasteiger partial charge in [-0.25, -0.2) is 0 Å². The van der Waals surface area contributed by atoms with Crippen molar-refractivity contribution in [3.05, 3.63) is 0 Å². The van der Waals surface area contributed by atoms with Crippen LogP contribution in [0.2, 0.25) is 0 Å². The molecule has 0 aliphatic heterocycles. The van der Waals surface area contributed by atoms with Gasteiger partial charge in [-0.2, -0.15) is 5.26 Å². The van der Waals surface area contributed by atoms with Crippen LogP contribution in [0.4, 0.5) is 0 Å². The number of amides is 1. The molecule has 3 heteroatoms. The van der Waals surface area contributed by atoms with Crippen LogP contribution in [0, 0.1) is 17.2 Å². The van der Waals surface area contributed by atoms with Gasteiger partial charge < -0.3 is 4.90 Å². The molecule has 0 bridgehead atoms. The third-order valence-corrected chi connectivity index (χ3v) is 3.56. The molecule has 1 rings (SSSR count). The van der Waals surface area contributed by atoms with E-state index in [2.05, 4.69) is 13.0 Å². The first-order valence-corrected chi connectivity index (χ1v) is 6.34. The summed E-state index contributed by atoms with van der Waals surface area (Å²) < 4.78 is 0. The largest absolute Gasteiger partial charge is 0.343 e. The zero-order valence-electron chi connectivity index (χ0n) is 10.4. The molecule has 0 spiro atoms. The maximum Gasteiger partial charge on any atom is 0.222 e. The fourth-order valence-electron chi connectivity index (χ4n) is 2.30. The highest BCUT2D eigenvalue weighted by atomic mass is 16.2. The molecule has 0 unspecified atom stereocenters. The van der Waals surface area contributed by atoms with Crippen molar-refractivity contribution in [2.75, 3.05) is 7.05 Å². The van der Waals surface area contributed by atoms with E-state index in [0.717, 1.165) is 38.5 Å². The molecule has 1 aliphatic carbocycles. The van der Waals surface area contributed by atoms with Crippen LogP contribution in [0.25, 0.3) is 0 Å². The molecule has 1 fully saturated rings. The number of carbonyl (C=O) groups is 1. The Labute approximate surface area is 98.4 Å². The Morgan fingerprint density at radius 2 is 2.00 bits per heavy atom. The Morgan fingerprint density at radius 1 is 1.38 bits per heavy atom. The molecular formula is C13H22N2O. The number of hydrogen-bond donors (Lipinski definition) is 0. The van der Waals surface area contributed by atoms with Gasteiger partial charge in [0.2, 0.25) is 5.91 Å². The minimum Gasteiger partial charge on any atom is -0.343 e. The Kier molecular flexibility index (Phi) is 5.31. The maximum absolute atomic E-state index is 11.8. The second-order valence-electron chi connectivity index (χ2n) is 4.74. The summed E-state index contributed by atoms with van der Waals surface area (Å²) in [6.45, 7) is 2.10. The Bertz CT molecular complexity index is 262. The van der Waals surface area contributed by atoms with E-state index < -0.39 is 0 Å². The standard InChI is InChI=1S/C13H22N2O/c1-3-4-5-13(16)15(2)12-8-6-11(10-14)7-9-12/h11-12H,3-9H2,1-2H3. The minimum absolute atomic E-state index is 0.218. The van der Waals surface area contributed by atoms with Gasteiger partial charge in [-0.3, -0.25) is 4.79 Å². The average Bonchev–Trinajstić information content (AvgIpc) is 2.35. The van der Waals surface area contributed by atoms with Crippen LogP contribution in [0.5, 0.6) is 0 Å². The highest BCUT2D eigenvalue weighted by Gasteiger charge is 2.25. The molecule has 0 aromatic heterocycles. The predicted molar refractivity (Wildman–Crippen MR) is 63.7 cm³/mol. The van der Waals surface area contributed by atoms with Gasteiger partial charge in [-0.1, -0.05) is 13.3 Å². The number of nitrogens with zero attached hydrogens (tertiary/aromatic N) is 2. The van der Waals surface area contributed by atoms with Gasteiger partial charge in [0.1, 0.15) is 0 Å². The summed E-state index contributed by atoms with van der Waals surface area (Å²) in [5, 5.41) is 8.81. The van der Waals surface area contributed by atoms with E-state index in [0.29, 0.717) is 12.5 Å². The summed E-state index contributed by atoms with van der Waals surface area (Å²) >= 11 is 0. The first kappa shape index (κ1) is 13.0. The minimum atomic E-state index is 0.218. The molecular weight excluding hydrogens is 200 g/mol. The van der Waals surface area contributed by atoms with E-state index in [1.165, 1.54) is 0 Å². The van der Waals surface area contributed by atoms with Crippen LogP contribution in [0.1, 0.15) is 51.9 Å². The van der Waals surface area contributed by atoms with Gasteiger partial charge in [0.25, 0.3) is 0 Å². The third kappa shape index (κ3) is 3.52. The van der Waals surface area contributed by atoms with Crippen LogP contribution in [-0.2, 0) is 4.79 Å². The molecule has 1 aliphatic rings. The number of hydrogen-bond acceptors (Lipinski definition) is 2. The average molecular weight is 222 g/mol. The van der Waals surface area contributed by atoms with Crippen LogP contribution in [-0.4, -0.2) is 23.9 Å². The second kappa shape index (κ2) is 6.52. The van der Waals surface area contributed by atoms with Crippen LogP contribution < -0.4 is 0 Å². The van der Waals surface area contributed by atoms with Crippen molar-refractivity contribution < 1.29 is 4.79 Å². The zero-order chi connectivity index (χ0) is 12.0. The van der Waals surface area contributed by atoms with Gasteiger partial charge in [-0.15, -0.1) is 0 Å².